The van der Waals surface area contributed by atoms with Gasteiger partial charge in [-0.2, -0.15) is 0 Å². The Hall–Kier alpha value is -2.79. The van der Waals surface area contributed by atoms with Crippen molar-refractivity contribution in [3.63, 3.8) is 0 Å². The fourth-order valence-electron chi connectivity index (χ4n) is 4.05. The zero-order valence-electron chi connectivity index (χ0n) is 18.8. The van der Waals surface area contributed by atoms with Gasteiger partial charge in [-0.1, -0.05) is 52.3 Å². The molecule has 2 aliphatic heterocycles. The first-order valence-corrected chi connectivity index (χ1v) is 13.5. The van der Waals surface area contributed by atoms with Crippen molar-refractivity contribution in [3.05, 3.63) is 91.7 Å². The molecule has 12 heteroatoms. The molecular formula is C24H22BrN2O8P. The topological polar surface area (TPSA) is 129 Å². The number of benzene rings is 2. The lowest BCUT2D eigenvalue weighted by atomic mass is 10.0. The highest BCUT2D eigenvalue weighted by molar-refractivity contribution is 9.11. The first kappa shape index (κ1) is 24.9. The number of fused-ring (bicyclic) bond motifs is 1. The summed E-state index contributed by atoms with van der Waals surface area (Å²) in [6, 6.07) is 15.3. The van der Waals surface area contributed by atoms with Crippen LogP contribution in [0, 0.1) is 0 Å². The number of hydrogen-bond acceptors (Lipinski definition) is 8. The number of hydrogen-bond donors (Lipinski definition) is 2. The van der Waals surface area contributed by atoms with Gasteiger partial charge in [0.2, 0.25) is 0 Å². The number of phosphoric acid groups is 1. The van der Waals surface area contributed by atoms with E-state index >= 15 is 0 Å². The fraction of sp³-hybridized carbons (Fsp3) is 0.250. The van der Waals surface area contributed by atoms with Crippen LogP contribution in [0.3, 0.4) is 0 Å². The monoisotopic (exact) mass is 576 g/mol. The van der Waals surface area contributed by atoms with Crippen LogP contribution < -0.4 is 15.8 Å². The number of aromatic amines is 1. The van der Waals surface area contributed by atoms with Crippen LogP contribution in [-0.4, -0.2) is 33.5 Å². The van der Waals surface area contributed by atoms with E-state index in [1.807, 2.05) is 42.5 Å². The predicted molar refractivity (Wildman–Crippen MR) is 135 cm³/mol. The third-order valence-electron chi connectivity index (χ3n) is 5.91. The summed E-state index contributed by atoms with van der Waals surface area (Å²) in [5, 5.41) is 10.5. The minimum Gasteiger partial charge on any atom is -0.404 e. The number of rotatable bonds is 6. The summed E-state index contributed by atoms with van der Waals surface area (Å²) in [5.41, 5.74) is 1.74. The summed E-state index contributed by atoms with van der Waals surface area (Å²) in [5.74, 6) is 0.391. The van der Waals surface area contributed by atoms with E-state index in [0.717, 1.165) is 16.7 Å². The average Bonchev–Trinajstić information content (AvgIpc) is 3.25. The molecule has 0 saturated carbocycles. The molecule has 0 bridgehead atoms. The average molecular weight is 577 g/mol. The second-order valence-corrected chi connectivity index (χ2v) is 10.4. The van der Waals surface area contributed by atoms with Gasteiger partial charge in [-0.05, 0) is 34.3 Å². The van der Waals surface area contributed by atoms with Crippen molar-refractivity contribution in [3.8, 4) is 16.9 Å². The van der Waals surface area contributed by atoms with Crippen LogP contribution in [-0.2, 0) is 25.0 Å². The van der Waals surface area contributed by atoms with Crippen LogP contribution in [0.15, 0.2) is 69.3 Å². The van der Waals surface area contributed by atoms with E-state index in [1.54, 1.807) is 6.07 Å². The normalized spacial score (nSPS) is 25.6. The highest BCUT2D eigenvalue weighted by Crippen LogP contribution is 2.55. The van der Waals surface area contributed by atoms with Crippen LogP contribution in [0.25, 0.3) is 17.2 Å². The molecule has 0 amide bonds. The minimum absolute atomic E-state index is 0.0284. The van der Waals surface area contributed by atoms with Crippen molar-refractivity contribution in [2.24, 2.45) is 0 Å². The molecule has 188 valence electrons. The molecule has 2 aliphatic rings. The van der Waals surface area contributed by atoms with Crippen molar-refractivity contribution in [1.29, 1.82) is 0 Å². The zero-order chi connectivity index (χ0) is 25.3. The van der Waals surface area contributed by atoms with E-state index in [4.69, 9.17) is 18.3 Å². The molecule has 1 saturated heterocycles. The third kappa shape index (κ3) is 5.17. The van der Waals surface area contributed by atoms with Gasteiger partial charge >= 0.3 is 13.5 Å². The fourth-order valence-corrected chi connectivity index (χ4v) is 5.56. The summed E-state index contributed by atoms with van der Waals surface area (Å²) in [6.45, 7) is -0.265. The maximum absolute atomic E-state index is 13.1. The van der Waals surface area contributed by atoms with Gasteiger partial charge in [0, 0.05) is 18.2 Å². The number of aliphatic hydroxyl groups is 1. The first-order valence-electron chi connectivity index (χ1n) is 11.1. The Morgan fingerprint density at radius 3 is 2.78 bits per heavy atom. The van der Waals surface area contributed by atoms with Crippen molar-refractivity contribution in [2.75, 3.05) is 6.61 Å². The Morgan fingerprint density at radius 2 is 2.00 bits per heavy atom. The van der Waals surface area contributed by atoms with Gasteiger partial charge in [-0.15, -0.1) is 0 Å². The van der Waals surface area contributed by atoms with E-state index in [-0.39, 0.29) is 25.2 Å². The minimum atomic E-state index is -3.96. The Morgan fingerprint density at radius 1 is 1.19 bits per heavy atom. The van der Waals surface area contributed by atoms with Crippen molar-refractivity contribution in [1.82, 2.24) is 9.55 Å². The molecule has 4 atom stereocenters. The van der Waals surface area contributed by atoms with Crippen LogP contribution in [0.5, 0.6) is 5.75 Å². The van der Waals surface area contributed by atoms with Gasteiger partial charge in [0.25, 0.3) is 5.56 Å². The lowest BCUT2D eigenvalue weighted by Crippen LogP contribution is -2.33. The molecule has 1 fully saturated rings. The van der Waals surface area contributed by atoms with Crippen molar-refractivity contribution in [2.45, 2.75) is 31.5 Å². The standard InChI is InChI=1S/C24H22BrN2O8P/c25-9-8-17-12-27(24(30)26-23(17)29)22-11-19(28)21(34-22)14-33-36(31)32-13-18-10-16(6-7-20(18)35-36)15-4-2-1-3-5-15/h1-10,12,19,21-22,28H,11,13-14H2,(H,26,29,30)/b9-8+/t19-,21+,22+,36?/m0/s1. The molecule has 2 N–H and O–H groups in total. The number of phosphoric ester groups is 1. The number of halogens is 1. The maximum Gasteiger partial charge on any atom is 0.530 e. The van der Waals surface area contributed by atoms with Gasteiger partial charge in [0.1, 0.15) is 18.1 Å². The summed E-state index contributed by atoms with van der Waals surface area (Å²) in [6.07, 6.45) is 0.117. The van der Waals surface area contributed by atoms with E-state index < -0.39 is 37.5 Å². The molecule has 0 radical (unpaired) electrons. The van der Waals surface area contributed by atoms with Crippen LogP contribution in [0.2, 0.25) is 0 Å². The summed E-state index contributed by atoms with van der Waals surface area (Å²) < 4.78 is 36.5. The summed E-state index contributed by atoms with van der Waals surface area (Å²) >= 11 is 3.09. The second-order valence-electron chi connectivity index (χ2n) is 8.27. The third-order valence-corrected chi connectivity index (χ3v) is 7.50. The van der Waals surface area contributed by atoms with Gasteiger partial charge in [0.15, 0.2) is 0 Å². The lowest BCUT2D eigenvalue weighted by molar-refractivity contribution is -0.0468. The molecule has 0 aliphatic carbocycles. The van der Waals surface area contributed by atoms with Crippen molar-refractivity contribution < 1.29 is 28.0 Å². The molecule has 1 aromatic heterocycles. The quantitative estimate of drug-likeness (QED) is 0.422. The molecule has 5 rings (SSSR count). The molecule has 1 unspecified atom stereocenters. The largest absolute Gasteiger partial charge is 0.530 e. The molecule has 36 heavy (non-hydrogen) atoms. The van der Waals surface area contributed by atoms with E-state index in [2.05, 4.69) is 20.9 Å². The van der Waals surface area contributed by atoms with Gasteiger partial charge in [-0.25, -0.2) is 9.36 Å². The maximum atomic E-state index is 13.1. The highest BCUT2D eigenvalue weighted by Gasteiger charge is 2.40. The number of nitrogens with one attached hydrogen (secondary N) is 1. The number of nitrogens with zero attached hydrogens (tertiary/aromatic N) is 1. The van der Waals surface area contributed by atoms with Gasteiger partial charge in [0.05, 0.1) is 24.9 Å². The van der Waals surface area contributed by atoms with Crippen LogP contribution >= 0.6 is 23.8 Å². The lowest BCUT2D eigenvalue weighted by Gasteiger charge is -2.26. The highest BCUT2D eigenvalue weighted by atomic mass is 79.9. The molecule has 0 spiro atoms. The predicted octanol–water partition coefficient (Wildman–Crippen LogP) is 3.95. The Balaban J connectivity index is 1.25. The molecule has 10 nitrogen and oxygen atoms in total. The van der Waals surface area contributed by atoms with Crippen molar-refractivity contribution >= 4 is 29.8 Å². The molecule has 2 aromatic carbocycles. The number of H-pyrrole nitrogens is 1. The number of aliphatic hydroxyl groups excluding tert-OH is 1. The van der Waals surface area contributed by atoms with E-state index in [0.29, 0.717) is 5.75 Å². The molecular weight excluding hydrogens is 555 g/mol. The Kier molecular flexibility index (Phi) is 7.11. The molecule has 3 heterocycles. The van der Waals surface area contributed by atoms with Crippen LogP contribution in [0.4, 0.5) is 0 Å². The summed E-state index contributed by atoms with van der Waals surface area (Å²) in [4.78, 5) is 27.9. The summed E-state index contributed by atoms with van der Waals surface area (Å²) in [7, 11) is -3.96. The van der Waals surface area contributed by atoms with Gasteiger partial charge in [-0.3, -0.25) is 23.4 Å². The second kappa shape index (κ2) is 10.3. The van der Waals surface area contributed by atoms with E-state index in [1.165, 1.54) is 21.8 Å². The van der Waals surface area contributed by atoms with E-state index in [9.17, 15) is 19.3 Å². The number of ether oxygens (including phenoxy) is 1. The van der Waals surface area contributed by atoms with Gasteiger partial charge < -0.3 is 14.4 Å². The first-order chi connectivity index (χ1) is 17.3. The smallest absolute Gasteiger partial charge is 0.404 e. The Bertz CT molecular complexity index is 1450. The number of aromatic nitrogens is 2. The SMILES string of the molecule is O=c1[nH]c(=O)n([C@H]2C[C@H](O)[C@@H](COP3(=O)OCc4cc(-c5ccccc5)ccc4O3)O2)cc1/C=C/Br. The van der Waals surface area contributed by atoms with Crippen LogP contribution in [0.1, 0.15) is 23.8 Å². The molecule has 3 aromatic rings. The zero-order valence-corrected chi connectivity index (χ0v) is 21.3. The Labute approximate surface area is 213 Å².